The number of halogens is 2. The van der Waals surface area contributed by atoms with Crippen molar-refractivity contribution in [2.45, 2.75) is 18.4 Å². The number of ketones is 1. The fourth-order valence-corrected chi connectivity index (χ4v) is 4.74. The summed E-state index contributed by atoms with van der Waals surface area (Å²) in [6.45, 7) is 0. The summed E-state index contributed by atoms with van der Waals surface area (Å²) < 4.78 is 29.2. The van der Waals surface area contributed by atoms with Crippen molar-refractivity contribution in [3.8, 4) is 0 Å². The molecule has 0 amide bonds. The molecule has 0 fully saturated rings. The number of fused-ring (bicyclic) bond motifs is 2. The molecule has 5 nitrogen and oxygen atoms in total. The molecule has 2 aromatic heterocycles. The number of nitrogens with zero attached hydrogens (tertiary/aromatic N) is 3. The number of nitrogens with one attached hydrogen (secondary N) is 1. The fraction of sp³-hybridized carbons (Fsp3) is 0.211. The molecule has 0 saturated heterocycles. The highest BCUT2D eigenvalue weighted by Gasteiger charge is 2.43. The van der Waals surface area contributed by atoms with Crippen LogP contribution in [0.3, 0.4) is 0 Å². The van der Waals surface area contributed by atoms with E-state index in [1.165, 1.54) is 23.1 Å². The van der Waals surface area contributed by atoms with Crippen LogP contribution >= 0.6 is 11.3 Å². The van der Waals surface area contributed by atoms with Crippen LogP contribution in [-0.4, -0.2) is 20.5 Å². The Balaban J connectivity index is 1.65. The lowest BCUT2D eigenvalue weighted by atomic mass is 9.77. The highest BCUT2D eigenvalue weighted by molar-refractivity contribution is 7.10. The molecule has 0 saturated carbocycles. The van der Waals surface area contributed by atoms with E-state index in [1.54, 1.807) is 11.3 Å². The Hall–Kier alpha value is -2.87. The van der Waals surface area contributed by atoms with Gasteiger partial charge in [-0.3, -0.25) is 4.79 Å². The Kier molecular flexibility index (Phi) is 3.68. The maximum atomic E-state index is 13.9. The van der Waals surface area contributed by atoms with Crippen molar-refractivity contribution >= 4 is 23.1 Å². The number of carbonyl (C=O) groups is 1. The van der Waals surface area contributed by atoms with Gasteiger partial charge in [0.1, 0.15) is 23.7 Å². The van der Waals surface area contributed by atoms with E-state index in [1.807, 2.05) is 23.6 Å². The number of carbonyl (C=O) groups excluding carboxylic acids is 1. The van der Waals surface area contributed by atoms with E-state index in [4.69, 9.17) is 0 Å². The predicted octanol–water partition coefficient (Wildman–Crippen LogP) is 3.89. The summed E-state index contributed by atoms with van der Waals surface area (Å²) in [6.07, 6.45) is 3.73. The van der Waals surface area contributed by atoms with Gasteiger partial charge in [-0.1, -0.05) is 12.1 Å². The first-order valence-corrected chi connectivity index (χ1v) is 9.38. The molecular formula is C19H14F2N4OS. The Morgan fingerprint density at radius 2 is 2.04 bits per heavy atom. The maximum absolute atomic E-state index is 13.9. The van der Waals surface area contributed by atoms with Gasteiger partial charge in [-0.2, -0.15) is 10.1 Å². The van der Waals surface area contributed by atoms with E-state index in [-0.39, 0.29) is 11.7 Å². The summed E-state index contributed by atoms with van der Waals surface area (Å²) in [6, 6.07) is 6.64. The third kappa shape index (κ3) is 2.68. The minimum Gasteiger partial charge on any atom is -0.328 e. The molecule has 0 bridgehead atoms. The number of Topliss-reactive ketones (excluding diaryl/α,β-unsaturated/α-hetero) is 1. The highest BCUT2D eigenvalue weighted by Crippen LogP contribution is 2.44. The van der Waals surface area contributed by atoms with Gasteiger partial charge in [0.05, 0.1) is 12.0 Å². The van der Waals surface area contributed by atoms with Crippen molar-refractivity contribution in [2.75, 3.05) is 5.32 Å². The van der Waals surface area contributed by atoms with Gasteiger partial charge < -0.3 is 5.32 Å². The quantitative estimate of drug-likeness (QED) is 0.728. The summed E-state index contributed by atoms with van der Waals surface area (Å²) in [7, 11) is 0. The summed E-state index contributed by atoms with van der Waals surface area (Å²) in [5, 5.41) is 9.35. The molecule has 27 heavy (non-hydrogen) atoms. The zero-order chi connectivity index (χ0) is 18.5. The minimum atomic E-state index is -0.685. The lowest BCUT2D eigenvalue weighted by Crippen LogP contribution is -2.40. The average Bonchev–Trinajstić information content (AvgIpc) is 3.30. The van der Waals surface area contributed by atoms with Crippen molar-refractivity contribution in [2.24, 2.45) is 5.92 Å². The number of thiophene rings is 1. The standard InChI is InChI=1S/C19H14F2N4OS/c20-12-4-11(5-13(21)8-12)18-17-14(24-19-22-9-23-25(18)19)6-10(7-15(17)26)16-2-1-3-27-16/h1-6,8-10,17-18H,7H2,(H,22,23,24)/t10-,17+,18+/m0/s1. The Labute approximate surface area is 157 Å². The Morgan fingerprint density at radius 3 is 2.78 bits per heavy atom. The first kappa shape index (κ1) is 16.3. The summed E-state index contributed by atoms with van der Waals surface area (Å²) in [5.41, 5.74) is 1.07. The van der Waals surface area contributed by atoms with Gasteiger partial charge in [0.15, 0.2) is 0 Å². The van der Waals surface area contributed by atoms with Gasteiger partial charge in [0.25, 0.3) is 0 Å². The van der Waals surface area contributed by atoms with Crippen LogP contribution < -0.4 is 5.32 Å². The van der Waals surface area contributed by atoms with Crippen LogP contribution in [0.1, 0.15) is 28.8 Å². The topological polar surface area (TPSA) is 59.8 Å². The summed E-state index contributed by atoms with van der Waals surface area (Å²) in [4.78, 5) is 18.4. The second-order valence-electron chi connectivity index (χ2n) is 6.69. The van der Waals surface area contributed by atoms with E-state index in [2.05, 4.69) is 15.4 Å². The molecule has 0 radical (unpaired) electrons. The van der Waals surface area contributed by atoms with Crippen LogP contribution in [0.4, 0.5) is 14.7 Å². The van der Waals surface area contributed by atoms with Gasteiger partial charge in [0, 0.05) is 29.0 Å². The molecule has 3 aromatic rings. The molecule has 0 unspecified atom stereocenters. The number of rotatable bonds is 2. The van der Waals surface area contributed by atoms with E-state index < -0.39 is 23.6 Å². The van der Waals surface area contributed by atoms with E-state index in [0.29, 0.717) is 23.6 Å². The van der Waals surface area contributed by atoms with Crippen molar-refractivity contribution in [1.82, 2.24) is 14.8 Å². The number of aromatic nitrogens is 3. The van der Waals surface area contributed by atoms with Crippen LogP contribution in [0.5, 0.6) is 0 Å². The van der Waals surface area contributed by atoms with Crippen molar-refractivity contribution in [3.63, 3.8) is 0 Å². The second-order valence-corrected chi connectivity index (χ2v) is 7.67. The minimum absolute atomic E-state index is 0.00854. The normalized spacial score (nSPS) is 24.0. The predicted molar refractivity (Wildman–Crippen MR) is 96.4 cm³/mol. The smallest absolute Gasteiger partial charge is 0.226 e. The molecule has 0 spiro atoms. The van der Waals surface area contributed by atoms with Crippen LogP contribution in [0.2, 0.25) is 0 Å². The van der Waals surface area contributed by atoms with Gasteiger partial charge in [0.2, 0.25) is 5.95 Å². The maximum Gasteiger partial charge on any atom is 0.226 e. The number of anilines is 1. The van der Waals surface area contributed by atoms with Crippen LogP contribution in [0, 0.1) is 17.6 Å². The first-order valence-electron chi connectivity index (χ1n) is 8.50. The molecular weight excluding hydrogens is 370 g/mol. The van der Waals surface area contributed by atoms with E-state index in [0.717, 1.165) is 10.9 Å². The van der Waals surface area contributed by atoms with E-state index >= 15 is 0 Å². The zero-order valence-electron chi connectivity index (χ0n) is 14.0. The van der Waals surface area contributed by atoms with E-state index in [9.17, 15) is 13.6 Å². The zero-order valence-corrected chi connectivity index (χ0v) is 14.8. The number of allylic oxidation sites excluding steroid dienone is 2. The lowest BCUT2D eigenvalue weighted by Gasteiger charge is -2.37. The second kappa shape index (κ2) is 6.09. The highest BCUT2D eigenvalue weighted by atomic mass is 32.1. The monoisotopic (exact) mass is 384 g/mol. The number of hydrogen-bond acceptors (Lipinski definition) is 5. The van der Waals surface area contributed by atoms with Gasteiger partial charge in [-0.05, 0) is 29.1 Å². The van der Waals surface area contributed by atoms with Gasteiger partial charge in [-0.25, -0.2) is 13.5 Å². The lowest BCUT2D eigenvalue weighted by molar-refractivity contribution is -0.123. The molecule has 1 aromatic carbocycles. The molecule has 1 aliphatic carbocycles. The molecule has 136 valence electrons. The van der Waals surface area contributed by atoms with Crippen LogP contribution in [0.15, 0.2) is 53.8 Å². The fourth-order valence-electron chi connectivity index (χ4n) is 3.94. The third-order valence-corrected chi connectivity index (χ3v) is 6.03. The number of hydrogen-bond donors (Lipinski definition) is 1. The van der Waals surface area contributed by atoms with Crippen LogP contribution in [-0.2, 0) is 4.79 Å². The van der Waals surface area contributed by atoms with Crippen LogP contribution in [0.25, 0.3) is 0 Å². The molecule has 8 heteroatoms. The van der Waals surface area contributed by atoms with Crippen molar-refractivity contribution < 1.29 is 13.6 Å². The number of benzene rings is 1. The molecule has 2 aliphatic rings. The molecule has 3 heterocycles. The molecule has 5 rings (SSSR count). The molecule has 1 N–H and O–H groups in total. The summed E-state index contributed by atoms with van der Waals surface area (Å²) in [5.74, 6) is -1.51. The third-order valence-electron chi connectivity index (χ3n) is 5.03. The van der Waals surface area contributed by atoms with Gasteiger partial charge >= 0.3 is 0 Å². The SMILES string of the molecule is O=C1C[C@@H](c2cccs2)C=C2Nc3ncnn3[C@H](c3cc(F)cc(F)c3)[C@@H]12. The van der Waals surface area contributed by atoms with Crippen molar-refractivity contribution in [1.29, 1.82) is 0 Å². The average molecular weight is 384 g/mol. The largest absolute Gasteiger partial charge is 0.328 e. The van der Waals surface area contributed by atoms with Gasteiger partial charge in [-0.15, -0.1) is 11.3 Å². The van der Waals surface area contributed by atoms with Crippen molar-refractivity contribution in [3.05, 3.63) is 75.9 Å². The summed E-state index contributed by atoms with van der Waals surface area (Å²) >= 11 is 1.60. The first-order chi connectivity index (χ1) is 13.1. The molecule has 1 aliphatic heterocycles. The Morgan fingerprint density at radius 1 is 1.22 bits per heavy atom. The molecule has 3 atom stereocenters. The Bertz CT molecular complexity index is 1040.